The van der Waals surface area contributed by atoms with Crippen molar-refractivity contribution < 1.29 is 23.9 Å². The highest BCUT2D eigenvalue weighted by Crippen LogP contribution is 2.16. The Kier molecular flexibility index (Phi) is 5.96. The molecule has 1 fully saturated rings. The molecule has 1 saturated heterocycles. The van der Waals surface area contributed by atoms with Crippen molar-refractivity contribution in [3.8, 4) is 5.75 Å². The Labute approximate surface area is 134 Å². The van der Waals surface area contributed by atoms with Crippen molar-refractivity contribution in [1.82, 2.24) is 4.90 Å². The summed E-state index contributed by atoms with van der Waals surface area (Å²) in [6.45, 7) is 0.328. The number of amides is 2. The van der Waals surface area contributed by atoms with Crippen LogP contribution in [0.25, 0.3) is 0 Å². The van der Waals surface area contributed by atoms with E-state index < -0.39 is 5.97 Å². The summed E-state index contributed by atoms with van der Waals surface area (Å²) < 4.78 is 10.1. The first kappa shape index (κ1) is 16.8. The van der Waals surface area contributed by atoms with Crippen molar-refractivity contribution in [3.05, 3.63) is 30.3 Å². The lowest BCUT2D eigenvalue weighted by Crippen LogP contribution is -2.43. The van der Waals surface area contributed by atoms with Crippen LogP contribution in [0.4, 0.5) is 0 Å². The number of carbonyl (C=O) groups excluding carboxylic acids is 3. The van der Waals surface area contributed by atoms with Gasteiger partial charge in [0.05, 0.1) is 0 Å². The maximum absolute atomic E-state index is 11.9. The Hall–Kier alpha value is -2.57. The first-order chi connectivity index (χ1) is 11.1. The second kappa shape index (κ2) is 8.17. The minimum absolute atomic E-state index is 0.180. The molecule has 7 heteroatoms. The van der Waals surface area contributed by atoms with E-state index in [1.54, 1.807) is 29.2 Å². The lowest BCUT2D eigenvalue weighted by molar-refractivity contribution is -0.154. The number of para-hydroxylation sites is 1. The lowest BCUT2D eigenvalue weighted by Gasteiger charge is -2.30. The van der Waals surface area contributed by atoms with Gasteiger partial charge in [-0.25, -0.2) is 4.79 Å². The van der Waals surface area contributed by atoms with Crippen molar-refractivity contribution in [2.24, 2.45) is 11.7 Å². The molecule has 124 valence electrons. The number of hydrogen-bond donors (Lipinski definition) is 1. The number of rotatable bonds is 6. The topological polar surface area (TPSA) is 98.9 Å². The third-order valence-electron chi connectivity index (χ3n) is 3.71. The van der Waals surface area contributed by atoms with Gasteiger partial charge in [0.25, 0.3) is 5.91 Å². The van der Waals surface area contributed by atoms with Gasteiger partial charge in [-0.1, -0.05) is 18.2 Å². The van der Waals surface area contributed by atoms with Crippen molar-refractivity contribution in [3.63, 3.8) is 0 Å². The van der Waals surface area contributed by atoms with Crippen LogP contribution in [0.2, 0.25) is 0 Å². The summed E-state index contributed by atoms with van der Waals surface area (Å²) in [4.78, 5) is 36.2. The molecule has 23 heavy (non-hydrogen) atoms. The highest BCUT2D eigenvalue weighted by molar-refractivity contribution is 5.81. The predicted octanol–water partition coefficient (Wildman–Crippen LogP) is 0.333. The number of piperidine rings is 1. The van der Waals surface area contributed by atoms with Crippen LogP contribution in [0, 0.1) is 5.92 Å². The van der Waals surface area contributed by atoms with Crippen LogP contribution in [0.3, 0.4) is 0 Å². The first-order valence-electron chi connectivity index (χ1n) is 7.47. The number of ether oxygens (including phenoxy) is 2. The Morgan fingerprint density at radius 3 is 2.35 bits per heavy atom. The molecule has 0 radical (unpaired) electrons. The summed E-state index contributed by atoms with van der Waals surface area (Å²) in [5.74, 6) is -0.832. The highest BCUT2D eigenvalue weighted by Gasteiger charge is 2.26. The summed E-state index contributed by atoms with van der Waals surface area (Å²) in [5.41, 5.74) is 5.24. The predicted molar refractivity (Wildman–Crippen MR) is 81.4 cm³/mol. The quantitative estimate of drug-likeness (QED) is 0.762. The molecule has 0 atom stereocenters. The molecule has 0 saturated carbocycles. The summed E-state index contributed by atoms with van der Waals surface area (Å²) in [7, 11) is 0. The standard InChI is InChI=1S/C16H20N2O5/c17-16(21)12-6-8-18(9-7-12)14(19)10-23-15(20)11-22-13-4-2-1-3-5-13/h1-5,12H,6-11H2,(H2,17,21). The smallest absolute Gasteiger partial charge is 0.344 e. The van der Waals surface area contributed by atoms with E-state index in [0.29, 0.717) is 31.7 Å². The van der Waals surface area contributed by atoms with Gasteiger partial charge < -0.3 is 20.1 Å². The third kappa shape index (κ3) is 5.28. The summed E-state index contributed by atoms with van der Waals surface area (Å²) in [6.07, 6.45) is 1.10. The van der Waals surface area contributed by atoms with Crippen LogP contribution in [-0.4, -0.2) is 49.0 Å². The number of likely N-dealkylation sites (tertiary alicyclic amines) is 1. The van der Waals surface area contributed by atoms with Crippen LogP contribution in [-0.2, 0) is 19.1 Å². The van der Waals surface area contributed by atoms with E-state index in [2.05, 4.69) is 0 Å². The maximum Gasteiger partial charge on any atom is 0.344 e. The minimum Gasteiger partial charge on any atom is -0.482 e. The summed E-state index contributed by atoms with van der Waals surface area (Å²) in [5, 5.41) is 0. The van der Waals surface area contributed by atoms with Crippen LogP contribution < -0.4 is 10.5 Å². The Morgan fingerprint density at radius 2 is 1.74 bits per heavy atom. The minimum atomic E-state index is -0.603. The highest BCUT2D eigenvalue weighted by atomic mass is 16.6. The number of carbonyl (C=O) groups is 3. The molecule has 0 unspecified atom stereocenters. The van der Waals surface area contributed by atoms with Gasteiger partial charge in [-0.05, 0) is 25.0 Å². The fourth-order valence-corrected chi connectivity index (χ4v) is 2.35. The van der Waals surface area contributed by atoms with Crippen molar-refractivity contribution in [1.29, 1.82) is 0 Å². The molecule has 2 rings (SSSR count). The number of hydrogen-bond acceptors (Lipinski definition) is 5. The zero-order valence-electron chi connectivity index (χ0n) is 12.8. The summed E-state index contributed by atoms with van der Waals surface area (Å²) in [6, 6.07) is 8.87. The number of nitrogens with zero attached hydrogens (tertiary/aromatic N) is 1. The van der Waals surface area contributed by atoms with Gasteiger partial charge in [0, 0.05) is 19.0 Å². The van der Waals surface area contributed by atoms with E-state index in [9.17, 15) is 14.4 Å². The molecule has 0 aromatic heterocycles. The molecule has 1 aromatic rings. The van der Waals surface area contributed by atoms with E-state index in [0.717, 1.165) is 0 Å². The summed E-state index contributed by atoms with van der Waals surface area (Å²) >= 11 is 0. The zero-order valence-corrected chi connectivity index (χ0v) is 12.8. The van der Waals surface area contributed by atoms with Crippen LogP contribution >= 0.6 is 0 Å². The molecular formula is C16H20N2O5. The molecule has 2 amide bonds. The van der Waals surface area contributed by atoms with Gasteiger partial charge in [-0.15, -0.1) is 0 Å². The fourth-order valence-electron chi connectivity index (χ4n) is 2.35. The second-order valence-electron chi connectivity index (χ2n) is 5.32. The van der Waals surface area contributed by atoms with E-state index in [4.69, 9.17) is 15.2 Å². The molecule has 1 aromatic carbocycles. The monoisotopic (exact) mass is 320 g/mol. The van der Waals surface area contributed by atoms with Crippen LogP contribution in [0.15, 0.2) is 30.3 Å². The molecule has 0 aliphatic carbocycles. The van der Waals surface area contributed by atoms with Gasteiger partial charge in [-0.2, -0.15) is 0 Å². The molecule has 1 aliphatic heterocycles. The molecule has 1 aliphatic rings. The average Bonchev–Trinajstić information content (AvgIpc) is 2.58. The van der Waals surface area contributed by atoms with Crippen LogP contribution in [0.1, 0.15) is 12.8 Å². The van der Waals surface area contributed by atoms with Crippen molar-refractivity contribution in [2.45, 2.75) is 12.8 Å². The van der Waals surface area contributed by atoms with Crippen molar-refractivity contribution in [2.75, 3.05) is 26.3 Å². The van der Waals surface area contributed by atoms with E-state index in [1.807, 2.05) is 6.07 Å². The number of esters is 1. The fraction of sp³-hybridized carbons (Fsp3) is 0.438. The zero-order chi connectivity index (χ0) is 16.7. The molecule has 0 bridgehead atoms. The number of nitrogens with two attached hydrogens (primary N) is 1. The lowest BCUT2D eigenvalue weighted by atomic mass is 9.96. The Bertz CT molecular complexity index is 553. The maximum atomic E-state index is 11.9. The van der Waals surface area contributed by atoms with Crippen LogP contribution in [0.5, 0.6) is 5.75 Å². The van der Waals surface area contributed by atoms with Gasteiger partial charge in [-0.3, -0.25) is 9.59 Å². The molecule has 1 heterocycles. The first-order valence-corrected chi connectivity index (χ1v) is 7.47. The largest absolute Gasteiger partial charge is 0.482 e. The van der Waals surface area contributed by atoms with E-state index in [1.165, 1.54) is 0 Å². The van der Waals surface area contributed by atoms with E-state index in [-0.39, 0.29) is 30.9 Å². The molecular weight excluding hydrogens is 300 g/mol. The molecule has 2 N–H and O–H groups in total. The molecule has 0 spiro atoms. The average molecular weight is 320 g/mol. The SMILES string of the molecule is NC(=O)C1CCN(C(=O)COC(=O)COc2ccccc2)CC1. The number of primary amides is 1. The van der Waals surface area contributed by atoms with Gasteiger partial charge in [0.1, 0.15) is 5.75 Å². The Morgan fingerprint density at radius 1 is 1.09 bits per heavy atom. The van der Waals surface area contributed by atoms with Gasteiger partial charge >= 0.3 is 5.97 Å². The second-order valence-corrected chi connectivity index (χ2v) is 5.32. The van der Waals surface area contributed by atoms with Gasteiger partial charge in [0.2, 0.25) is 5.91 Å². The third-order valence-corrected chi connectivity index (χ3v) is 3.71. The van der Waals surface area contributed by atoms with Crippen molar-refractivity contribution >= 4 is 17.8 Å². The van der Waals surface area contributed by atoms with E-state index >= 15 is 0 Å². The molecule has 7 nitrogen and oxygen atoms in total. The Balaban J connectivity index is 1.66. The normalized spacial score (nSPS) is 15.0. The van der Waals surface area contributed by atoms with Gasteiger partial charge in [0.15, 0.2) is 13.2 Å². The number of benzene rings is 1.